The molecule has 18 heavy (non-hydrogen) atoms. The highest BCUT2D eigenvalue weighted by atomic mass is 15.1. The first kappa shape index (κ1) is 15.0. The Morgan fingerprint density at radius 2 is 2.11 bits per heavy atom. The van der Waals surface area contributed by atoms with Gasteiger partial charge in [0.1, 0.15) is 5.82 Å². The fraction of sp³-hybridized carbons (Fsp3) is 0.667. The highest BCUT2D eigenvalue weighted by Crippen LogP contribution is 2.16. The molecule has 0 aliphatic rings. The van der Waals surface area contributed by atoms with Crippen molar-refractivity contribution in [3.63, 3.8) is 0 Å². The molecule has 0 aromatic carbocycles. The van der Waals surface area contributed by atoms with Crippen molar-refractivity contribution >= 4 is 5.82 Å². The Morgan fingerprint density at radius 1 is 1.33 bits per heavy atom. The Bertz CT molecular complexity index is 336. The van der Waals surface area contributed by atoms with Crippen LogP contribution in [0.15, 0.2) is 18.3 Å². The zero-order chi connectivity index (χ0) is 13.4. The molecule has 3 nitrogen and oxygen atoms in total. The lowest BCUT2D eigenvalue weighted by Gasteiger charge is -2.27. The lowest BCUT2D eigenvalue weighted by Crippen LogP contribution is -2.31. The highest BCUT2D eigenvalue weighted by molar-refractivity contribution is 5.42. The van der Waals surface area contributed by atoms with Gasteiger partial charge in [-0.3, -0.25) is 4.90 Å². The molecule has 0 aliphatic heterocycles. The molecular formula is C15H27N3. The number of rotatable bonds is 8. The molecule has 0 saturated carbocycles. The first-order chi connectivity index (χ1) is 8.69. The van der Waals surface area contributed by atoms with E-state index in [-0.39, 0.29) is 0 Å². The number of pyridine rings is 1. The van der Waals surface area contributed by atoms with Gasteiger partial charge >= 0.3 is 0 Å². The summed E-state index contributed by atoms with van der Waals surface area (Å²) < 4.78 is 0. The predicted octanol–water partition coefficient (Wildman–Crippen LogP) is 3.52. The molecule has 0 bridgehead atoms. The second-order valence-corrected chi connectivity index (χ2v) is 5.03. The molecule has 1 aromatic heterocycles. The standard InChI is InChI=1S/C15H27N3/c1-5-6-7-11-18(13(2)3)12-14-9-8-10-17-15(14)16-4/h8-10,13H,5-7,11-12H2,1-4H3,(H,16,17). The van der Waals surface area contributed by atoms with Gasteiger partial charge in [-0.1, -0.05) is 25.8 Å². The van der Waals surface area contributed by atoms with Crippen LogP contribution in [0.2, 0.25) is 0 Å². The minimum Gasteiger partial charge on any atom is -0.373 e. The van der Waals surface area contributed by atoms with Crippen molar-refractivity contribution in [1.82, 2.24) is 9.88 Å². The van der Waals surface area contributed by atoms with Gasteiger partial charge in [-0.2, -0.15) is 0 Å². The van der Waals surface area contributed by atoms with Crippen LogP contribution >= 0.6 is 0 Å². The third-order valence-electron chi connectivity index (χ3n) is 3.28. The summed E-state index contributed by atoms with van der Waals surface area (Å²) in [5, 5.41) is 3.17. The third-order valence-corrected chi connectivity index (χ3v) is 3.28. The summed E-state index contributed by atoms with van der Waals surface area (Å²) in [6.45, 7) is 8.93. The number of nitrogens with zero attached hydrogens (tertiary/aromatic N) is 2. The first-order valence-electron chi connectivity index (χ1n) is 7.04. The van der Waals surface area contributed by atoms with Gasteiger partial charge in [-0.15, -0.1) is 0 Å². The summed E-state index contributed by atoms with van der Waals surface area (Å²) in [6, 6.07) is 4.75. The van der Waals surface area contributed by atoms with Crippen molar-refractivity contribution in [3.05, 3.63) is 23.9 Å². The van der Waals surface area contributed by atoms with Crippen LogP contribution in [-0.2, 0) is 6.54 Å². The molecule has 0 amide bonds. The van der Waals surface area contributed by atoms with E-state index < -0.39 is 0 Å². The Morgan fingerprint density at radius 3 is 2.72 bits per heavy atom. The molecule has 1 aromatic rings. The van der Waals surface area contributed by atoms with Crippen molar-refractivity contribution < 1.29 is 0 Å². The average molecular weight is 249 g/mol. The highest BCUT2D eigenvalue weighted by Gasteiger charge is 2.12. The number of aromatic nitrogens is 1. The molecule has 0 atom stereocenters. The van der Waals surface area contributed by atoms with Crippen LogP contribution in [0.25, 0.3) is 0 Å². The molecule has 0 fully saturated rings. The number of anilines is 1. The molecule has 3 heteroatoms. The van der Waals surface area contributed by atoms with E-state index in [1.807, 2.05) is 19.3 Å². The molecule has 0 aliphatic carbocycles. The fourth-order valence-corrected chi connectivity index (χ4v) is 2.09. The molecule has 1 N–H and O–H groups in total. The maximum absolute atomic E-state index is 4.37. The van der Waals surface area contributed by atoms with E-state index in [0.29, 0.717) is 6.04 Å². The zero-order valence-corrected chi connectivity index (χ0v) is 12.2. The van der Waals surface area contributed by atoms with E-state index in [2.05, 4.69) is 42.0 Å². The van der Waals surface area contributed by atoms with Gasteiger partial charge in [0, 0.05) is 31.4 Å². The van der Waals surface area contributed by atoms with E-state index in [0.717, 1.165) is 12.4 Å². The number of nitrogens with one attached hydrogen (secondary N) is 1. The van der Waals surface area contributed by atoms with Gasteiger partial charge < -0.3 is 5.32 Å². The quantitative estimate of drug-likeness (QED) is 0.714. The molecular weight excluding hydrogens is 222 g/mol. The van der Waals surface area contributed by atoms with Crippen LogP contribution in [0.5, 0.6) is 0 Å². The second kappa shape index (κ2) is 8.09. The topological polar surface area (TPSA) is 28.2 Å². The summed E-state index contributed by atoms with van der Waals surface area (Å²) in [5.41, 5.74) is 1.28. The smallest absolute Gasteiger partial charge is 0.130 e. The van der Waals surface area contributed by atoms with Crippen molar-refractivity contribution in [3.8, 4) is 0 Å². The summed E-state index contributed by atoms with van der Waals surface area (Å²) in [5.74, 6) is 0.999. The van der Waals surface area contributed by atoms with Crippen LogP contribution in [0, 0.1) is 0 Å². The van der Waals surface area contributed by atoms with Crippen molar-refractivity contribution in [2.75, 3.05) is 18.9 Å². The fourth-order valence-electron chi connectivity index (χ4n) is 2.09. The summed E-state index contributed by atoms with van der Waals surface area (Å²) >= 11 is 0. The van der Waals surface area contributed by atoms with Crippen LogP contribution in [0.4, 0.5) is 5.82 Å². The monoisotopic (exact) mass is 249 g/mol. The minimum atomic E-state index is 0.576. The maximum Gasteiger partial charge on any atom is 0.130 e. The molecule has 0 radical (unpaired) electrons. The SMILES string of the molecule is CCCCCN(Cc1cccnc1NC)C(C)C. The van der Waals surface area contributed by atoms with Gasteiger partial charge in [0.25, 0.3) is 0 Å². The van der Waals surface area contributed by atoms with E-state index in [9.17, 15) is 0 Å². The average Bonchev–Trinajstić information content (AvgIpc) is 2.38. The predicted molar refractivity (Wildman–Crippen MR) is 78.9 cm³/mol. The van der Waals surface area contributed by atoms with Gasteiger partial charge in [0.05, 0.1) is 0 Å². The molecule has 102 valence electrons. The number of unbranched alkanes of at least 4 members (excludes halogenated alkanes) is 2. The summed E-state index contributed by atoms with van der Waals surface area (Å²) in [4.78, 5) is 6.89. The summed E-state index contributed by atoms with van der Waals surface area (Å²) in [7, 11) is 1.93. The van der Waals surface area contributed by atoms with Gasteiger partial charge in [0.2, 0.25) is 0 Å². The normalized spacial score (nSPS) is 11.2. The molecule has 0 saturated heterocycles. The summed E-state index contributed by atoms with van der Waals surface area (Å²) in [6.07, 6.45) is 5.71. The lowest BCUT2D eigenvalue weighted by atomic mass is 10.1. The Labute approximate surface area is 112 Å². The minimum absolute atomic E-state index is 0.576. The Kier molecular flexibility index (Phi) is 6.73. The van der Waals surface area contributed by atoms with Crippen LogP contribution in [0.1, 0.15) is 45.6 Å². The lowest BCUT2D eigenvalue weighted by molar-refractivity contribution is 0.208. The Balaban J connectivity index is 2.64. The van der Waals surface area contributed by atoms with Crippen molar-refractivity contribution in [1.29, 1.82) is 0 Å². The first-order valence-corrected chi connectivity index (χ1v) is 7.04. The molecule has 0 unspecified atom stereocenters. The number of hydrogen-bond acceptors (Lipinski definition) is 3. The largest absolute Gasteiger partial charge is 0.373 e. The molecule has 1 rings (SSSR count). The van der Waals surface area contributed by atoms with Gasteiger partial charge in [-0.25, -0.2) is 4.98 Å². The zero-order valence-electron chi connectivity index (χ0n) is 12.2. The van der Waals surface area contributed by atoms with Crippen molar-refractivity contribution in [2.45, 2.75) is 52.6 Å². The van der Waals surface area contributed by atoms with E-state index in [4.69, 9.17) is 0 Å². The van der Waals surface area contributed by atoms with Crippen LogP contribution in [0.3, 0.4) is 0 Å². The third kappa shape index (κ3) is 4.65. The van der Waals surface area contributed by atoms with Crippen molar-refractivity contribution in [2.24, 2.45) is 0 Å². The van der Waals surface area contributed by atoms with E-state index >= 15 is 0 Å². The van der Waals surface area contributed by atoms with Gasteiger partial charge in [-0.05, 0) is 32.9 Å². The number of hydrogen-bond donors (Lipinski definition) is 1. The molecule has 1 heterocycles. The molecule has 0 spiro atoms. The van der Waals surface area contributed by atoms with Crippen LogP contribution < -0.4 is 5.32 Å². The second-order valence-electron chi connectivity index (χ2n) is 5.03. The van der Waals surface area contributed by atoms with Crippen LogP contribution in [-0.4, -0.2) is 29.5 Å². The Hall–Kier alpha value is -1.09. The van der Waals surface area contributed by atoms with E-state index in [1.54, 1.807) is 0 Å². The van der Waals surface area contributed by atoms with E-state index in [1.165, 1.54) is 31.4 Å². The van der Waals surface area contributed by atoms with Gasteiger partial charge in [0.15, 0.2) is 0 Å². The maximum atomic E-state index is 4.37.